The summed E-state index contributed by atoms with van der Waals surface area (Å²) in [5.74, 6) is -1.88. The van der Waals surface area contributed by atoms with Crippen LogP contribution in [0.1, 0.15) is 34.3 Å². The summed E-state index contributed by atoms with van der Waals surface area (Å²) in [6, 6.07) is 12.0. The second-order valence-corrected chi connectivity index (χ2v) is 9.52. The molecule has 3 heterocycles. The summed E-state index contributed by atoms with van der Waals surface area (Å²) in [6.07, 6.45) is 2.65. The molecule has 0 fully saturated rings. The van der Waals surface area contributed by atoms with Crippen LogP contribution in [-0.4, -0.2) is 64.5 Å². The number of nitrogen functional groups attached to an aromatic ring is 2. The van der Waals surface area contributed by atoms with Crippen molar-refractivity contribution in [1.82, 2.24) is 35.6 Å². The zero-order chi connectivity index (χ0) is 29.8. The van der Waals surface area contributed by atoms with Gasteiger partial charge in [-0.05, 0) is 59.9 Å². The van der Waals surface area contributed by atoms with Crippen molar-refractivity contribution in [2.45, 2.75) is 31.7 Å². The van der Waals surface area contributed by atoms with Crippen molar-refractivity contribution in [2.24, 2.45) is 5.73 Å². The minimum Gasteiger partial charge on any atom is -0.480 e. The average Bonchev–Trinajstić information content (AvgIpc) is 3.65. The molecule has 214 valence electrons. The van der Waals surface area contributed by atoms with E-state index >= 15 is 0 Å². The van der Waals surface area contributed by atoms with E-state index in [0.717, 1.165) is 16.0 Å². The summed E-state index contributed by atoms with van der Waals surface area (Å²) in [7, 11) is 0. The molecule has 2 aromatic carbocycles. The highest BCUT2D eigenvalue weighted by molar-refractivity contribution is 6.09. The van der Waals surface area contributed by atoms with Crippen molar-refractivity contribution in [3.63, 3.8) is 0 Å². The van der Waals surface area contributed by atoms with Gasteiger partial charge in [0.1, 0.15) is 17.5 Å². The summed E-state index contributed by atoms with van der Waals surface area (Å²) in [6.45, 7) is 0. The van der Waals surface area contributed by atoms with E-state index in [1.807, 2.05) is 6.20 Å². The lowest BCUT2D eigenvalue weighted by molar-refractivity contribution is -0.138. The zero-order valence-corrected chi connectivity index (χ0v) is 22.2. The number of nitrogens with two attached hydrogens (primary N) is 3. The quantitative estimate of drug-likeness (QED) is 0.133. The fraction of sp³-hybridized carbons (Fsp3) is 0.185. The molecule has 42 heavy (non-hydrogen) atoms. The van der Waals surface area contributed by atoms with Gasteiger partial charge in [-0.3, -0.25) is 14.5 Å². The molecular formula is C27H27N11O4. The normalized spacial score (nSPS) is 11.8. The fourth-order valence-corrected chi connectivity index (χ4v) is 4.73. The number of anilines is 3. The molecular weight excluding hydrogens is 542 g/mol. The van der Waals surface area contributed by atoms with Crippen LogP contribution < -0.4 is 22.1 Å². The van der Waals surface area contributed by atoms with Crippen molar-refractivity contribution in [1.29, 1.82) is 0 Å². The van der Waals surface area contributed by atoms with Gasteiger partial charge in [-0.1, -0.05) is 24.3 Å². The van der Waals surface area contributed by atoms with E-state index in [4.69, 9.17) is 17.2 Å². The number of amides is 2. The van der Waals surface area contributed by atoms with Gasteiger partial charge in [0.15, 0.2) is 0 Å². The third-order valence-corrected chi connectivity index (χ3v) is 6.75. The number of nitrogens with zero attached hydrogens (tertiary/aromatic N) is 6. The number of benzene rings is 2. The SMILES string of the molecule is NC(=O)CC[C@@H](C(=O)O)N(C(=O)c1ccc(CCc2c[nH]c3nc(N)nc(N)c23)cc1)c1cccc(-c2nn[nH]n2)c1. The highest BCUT2D eigenvalue weighted by Gasteiger charge is 2.32. The fourth-order valence-electron chi connectivity index (χ4n) is 4.73. The summed E-state index contributed by atoms with van der Waals surface area (Å²) in [4.78, 5) is 50.1. The number of nitrogens with one attached hydrogen (secondary N) is 2. The minimum atomic E-state index is -1.37. The number of aliphatic carboxylic acids is 1. The van der Waals surface area contributed by atoms with Crippen LogP contribution in [0.2, 0.25) is 0 Å². The van der Waals surface area contributed by atoms with Crippen molar-refractivity contribution < 1.29 is 19.5 Å². The van der Waals surface area contributed by atoms with Crippen molar-refractivity contribution in [3.8, 4) is 11.4 Å². The highest BCUT2D eigenvalue weighted by Crippen LogP contribution is 2.28. The number of rotatable bonds is 11. The minimum absolute atomic E-state index is 0.0870. The lowest BCUT2D eigenvalue weighted by Crippen LogP contribution is -2.46. The number of aryl methyl sites for hydroxylation is 2. The second-order valence-electron chi connectivity index (χ2n) is 9.52. The number of hydrogen-bond donors (Lipinski definition) is 6. The van der Waals surface area contributed by atoms with Gasteiger partial charge in [0, 0.05) is 29.4 Å². The molecule has 5 aromatic rings. The molecule has 3 aromatic heterocycles. The number of carbonyl (C=O) groups excluding carboxylic acids is 2. The molecule has 0 bridgehead atoms. The van der Waals surface area contributed by atoms with Crippen LogP contribution in [0.5, 0.6) is 0 Å². The number of carboxylic acids is 1. The first-order valence-electron chi connectivity index (χ1n) is 12.9. The van der Waals surface area contributed by atoms with Crippen LogP contribution in [0.4, 0.5) is 17.5 Å². The Bertz CT molecular complexity index is 1750. The predicted octanol–water partition coefficient (Wildman–Crippen LogP) is 1.45. The number of carbonyl (C=O) groups is 3. The predicted molar refractivity (Wildman–Crippen MR) is 153 cm³/mol. The van der Waals surface area contributed by atoms with E-state index in [1.54, 1.807) is 48.5 Å². The number of hydrogen-bond acceptors (Lipinski definition) is 10. The largest absolute Gasteiger partial charge is 0.480 e. The van der Waals surface area contributed by atoms with Gasteiger partial charge in [0.2, 0.25) is 17.7 Å². The Morgan fingerprint density at radius 3 is 2.50 bits per heavy atom. The van der Waals surface area contributed by atoms with E-state index < -0.39 is 23.8 Å². The van der Waals surface area contributed by atoms with Gasteiger partial charge in [-0.2, -0.15) is 15.2 Å². The van der Waals surface area contributed by atoms with Gasteiger partial charge in [0.25, 0.3) is 5.91 Å². The first-order chi connectivity index (χ1) is 20.2. The van der Waals surface area contributed by atoms with Gasteiger partial charge in [-0.15, -0.1) is 10.2 Å². The van der Waals surface area contributed by atoms with E-state index in [1.165, 1.54) is 0 Å². The Hall–Kier alpha value is -5.86. The maximum atomic E-state index is 13.9. The highest BCUT2D eigenvalue weighted by atomic mass is 16.4. The number of tetrazole rings is 1. The van der Waals surface area contributed by atoms with Crippen LogP contribution in [0.15, 0.2) is 54.7 Å². The standard InChI is InChI=1S/C27H27N11O4/c28-20(39)11-10-19(26(41)42)38(18-3-1-2-16(12-18)23-34-36-37-35-23)25(40)15-7-4-14(5-8-15)6-9-17-13-31-24-21(17)22(29)32-27(30)33-24/h1-5,7-8,12-13,19H,6,9-11H2,(H2,28,39)(H,41,42)(H,34,35,36,37)(H5,29,30,31,32,33)/t19-/m0/s1. The summed E-state index contributed by atoms with van der Waals surface area (Å²) >= 11 is 0. The molecule has 0 spiro atoms. The average molecular weight is 570 g/mol. The molecule has 15 nitrogen and oxygen atoms in total. The molecule has 0 aliphatic rings. The Kier molecular flexibility index (Phi) is 7.72. The zero-order valence-electron chi connectivity index (χ0n) is 22.2. The van der Waals surface area contributed by atoms with Crippen molar-refractivity contribution in [2.75, 3.05) is 16.4 Å². The van der Waals surface area contributed by atoms with Crippen LogP contribution >= 0.6 is 0 Å². The molecule has 0 radical (unpaired) electrons. The van der Waals surface area contributed by atoms with Crippen LogP contribution in [-0.2, 0) is 22.4 Å². The van der Waals surface area contributed by atoms with Gasteiger partial charge in [-0.25, -0.2) is 4.79 Å². The third-order valence-electron chi connectivity index (χ3n) is 6.75. The molecule has 0 unspecified atom stereocenters. The van der Waals surface area contributed by atoms with Crippen LogP contribution in [0, 0.1) is 0 Å². The first kappa shape index (κ1) is 27.7. The third kappa shape index (κ3) is 5.84. The Labute approximate surface area is 238 Å². The molecule has 5 rings (SSSR count). The van der Waals surface area contributed by atoms with E-state index in [2.05, 4.69) is 35.6 Å². The molecule has 0 aliphatic heterocycles. The molecule has 9 N–H and O–H groups in total. The smallest absolute Gasteiger partial charge is 0.326 e. The Morgan fingerprint density at radius 1 is 1.02 bits per heavy atom. The van der Waals surface area contributed by atoms with Crippen molar-refractivity contribution in [3.05, 3.63) is 71.4 Å². The number of aromatic amines is 2. The lowest BCUT2D eigenvalue weighted by atomic mass is 10.0. The van der Waals surface area contributed by atoms with E-state index in [0.29, 0.717) is 35.3 Å². The molecule has 0 aliphatic carbocycles. The van der Waals surface area contributed by atoms with Crippen LogP contribution in [0.3, 0.4) is 0 Å². The van der Waals surface area contributed by atoms with E-state index in [-0.39, 0.29) is 35.9 Å². The number of fused-ring (bicyclic) bond motifs is 1. The summed E-state index contributed by atoms with van der Waals surface area (Å²) in [5.41, 5.74) is 20.5. The Balaban J connectivity index is 1.41. The number of H-pyrrole nitrogens is 2. The molecule has 2 amide bonds. The molecule has 1 atom stereocenters. The molecule has 0 saturated heterocycles. The maximum absolute atomic E-state index is 13.9. The molecule has 0 saturated carbocycles. The van der Waals surface area contributed by atoms with Gasteiger partial charge >= 0.3 is 5.97 Å². The van der Waals surface area contributed by atoms with Crippen LogP contribution in [0.25, 0.3) is 22.4 Å². The number of primary amides is 1. The number of carboxylic acid groups (broad SMARTS) is 1. The monoisotopic (exact) mass is 569 g/mol. The van der Waals surface area contributed by atoms with Gasteiger partial charge < -0.3 is 27.3 Å². The lowest BCUT2D eigenvalue weighted by Gasteiger charge is -2.29. The number of aromatic nitrogens is 7. The topological polar surface area (TPSA) is 249 Å². The molecule has 15 heteroatoms. The Morgan fingerprint density at radius 2 is 1.81 bits per heavy atom. The second kappa shape index (κ2) is 11.7. The maximum Gasteiger partial charge on any atom is 0.326 e. The summed E-state index contributed by atoms with van der Waals surface area (Å²) in [5, 5.41) is 24.6. The van der Waals surface area contributed by atoms with Crippen molar-refractivity contribution >= 4 is 46.3 Å². The summed E-state index contributed by atoms with van der Waals surface area (Å²) < 4.78 is 0. The first-order valence-corrected chi connectivity index (χ1v) is 12.9. The van der Waals surface area contributed by atoms with E-state index in [9.17, 15) is 19.5 Å². The van der Waals surface area contributed by atoms with Gasteiger partial charge in [0.05, 0.1) is 5.39 Å².